The molecule has 2 heterocycles. The smallest absolute Gasteiger partial charge is 0.475 e. The van der Waals surface area contributed by atoms with Gasteiger partial charge in [0.1, 0.15) is 0 Å². The van der Waals surface area contributed by atoms with Crippen molar-refractivity contribution in [3.05, 3.63) is 0 Å². The average molecular weight is 240 g/mol. The fraction of sp³-hybridized carbons (Fsp3) is 0.889. The van der Waals surface area contributed by atoms with E-state index in [1.165, 1.54) is 39.0 Å². The molecule has 2 aliphatic heterocycles. The highest BCUT2D eigenvalue weighted by Crippen LogP contribution is 2.17. The van der Waals surface area contributed by atoms with Gasteiger partial charge in [-0.1, -0.05) is 0 Å². The van der Waals surface area contributed by atoms with E-state index < -0.39 is 12.1 Å². The molecule has 2 N–H and O–H groups in total. The lowest BCUT2D eigenvalue weighted by Crippen LogP contribution is -2.47. The summed E-state index contributed by atoms with van der Waals surface area (Å²) in [6.45, 7) is 5.08. The van der Waals surface area contributed by atoms with Crippen LogP contribution in [0.1, 0.15) is 12.8 Å². The first kappa shape index (κ1) is 13.2. The molecule has 0 aromatic rings. The second kappa shape index (κ2) is 5.49. The van der Waals surface area contributed by atoms with E-state index in [-0.39, 0.29) is 0 Å². The third kappa shape index (κ3) is 3.97. The van der Waals surface area contributed by atoms with Crippen molar-refractivity contribution >= 4 is 5.97 Å². The molecule has 2 rings (SSSR count). The molecule has 0 bridgehead atoms. The highest BCUT2D eigenvalue weighted by Gasteiger charge is 2.38. The average Bonchev–Trinajstić information content (AvgIpc) is 2.64. The van der Waals surface area contributed by atoms with Crippen LogP contribution in [0.3, 0.4) is 0 Å². The number of hydrogen-bond acceptors (Lipinski definition) is 3. The Morgan fingerprint density at radius 1 is 1.38 bits per heavy atom. The van der Waals surface area contributed by atoms with E-state index in [0.29, 0.717) is 0 Å². The van der Waals surface area contributed by atoms with Crippen molar-refractivity contribution in [2.75, 3.05) is 26.2 Å². The molecule has 2 saturated heterocycles. The molecule has 94 valence electrons. The molecule has 2 fully saturated rings. The molecule has 1 unspecified atom stereocenters. The minimum absolute atomic E-state index is 0.888. The van der Waals surface area contributed by atoms with Crippen LogP contribution in [0.15, 0.2) is 0 Å². The number of nitrogens with zero attached hydrogens (tertiary/aromatic N) is 1. The lowest BCUT2D eigenvalue weighted by Gasteiger charge is -2.29. The van der Waals surface area contributed by atoms with Gasteiger partial charge in [0.2, 0.25) is 0 Å². The highest BCUT2D eigenvalue weighted by atomic mass is 19.4. The van der Waals surface area contributed by atoms with Crippen molar-refractivity contribution in [3.8, 4) is 0 Å². The van der Waals surface area contributed by atoms with Crippen molar-refractivity contribution in [1.82, 2.24) is 10.2 Å². The van der Waals surface area contributed by atoms with Crippen LogP contribution in [0.5, 0.6) is 0 Å². The molecule has 4 nitrogen and oxygen atoms in total. The van der Waals surface area contributed by atoms with E-state index in [1.807, 2.05) is 0 Å². The Labute approximate surface area is 91.4 Å². The number of hydrogen-bond donors (Lipinski definition) is 2. The van der Waals surface area contributed by atoms with Gasteiger partial charge in [0.25, 0.3) is 0 Å². The van der Waals surface area contributed by atoms with Crippen LogP contribution in [-0.2, 0) is 4.79 Å². The first-order chi connectivity index (χ1) is 7.41. The zero-order chi connectivity index (χ0) is 12.2. The standard InChI is InChI=1S/C7H14N2.C2HF3O2/c1-2-7-6-8-3-5-9(7)4-1;3-2(4,5)1(6)7/h7-8H,1-6H2;(H,6,7). The van der Waals surface area contributed by atoms with Crippen LogP contribution in [-0.4, -0.2) is 54.4 Å². The Morgan fingerprint density at radius 3 is 2.50 bits per heavy atom. The molecule has 0 aromatic heterocycles. The fourth-order valence-electron chi connectivity index (χ4n) is 1.91. The topological polar surface area (TPSA) is 52.6 Å². The summed E-state index contributed by atoms with van der Waals surface area (Å²) in [6.07, 6.45) is -2.24. The third-order valence-electron chi connectivity index (χ3n) is 2.70. The number of piperazine rings is 1. The Morgan fingerprint density at radius 2 is 2.00 bits per heavy atom. The van der Waals surface area contributed by atoms with Gasteiger partial charge >= 0.3 is 12.1 Å². The van der Waals surface area contributed by atoms with Gasteiger partial charge in [0.05, 0.1) is 0 Å². The molecule has 16 heavy (non-hydrogen) atoms. The number of nitrogens with one attached hydrogen (secondary N) is 1. The number of alkyl halides is 3. The molecular weight excluding hydrogens is 225 g/mol. The maximum atomic E-state index is 10.6. The zero-order valence-electron chi connectivity index (χ0n) is 8.76. The van der Waals surface area contributed by atoms with Crippen LogP contribution >= 0.6 is 0 Å². The van der Waals surface area contributed by atoms with Crippen molar-refractivity contribution in [1.29, 1.82) is 0 Å². The number of carboxylic acids is 1. The van der Waals surface area contributed by atoms with E-state index in [4.69, 9.17) is 9.90 Å². The minimum Gasteiger partial charge on any atom is -0.475 e. The summed E-state index contributed by atoms with van der Waals surface area (Å²) in [5, 5.41) is 10.5. The first-order valence-corrected chi connectivity index (χ1v) is 5.16. The van der Waals surface area contributed by atoms with Gasteiger partial charge in [-0.3, -0.25) is 4.90 Å². The lowest BCUT2D eigenvalue weighted by atomic mass is 10.2. The summed E-state index contributed by atoms with van der Waals surface area (Å²) in [5.41, 5.74) is 0. The van der Waals surface area contributed by atoms with Gasteiger partial charge < -0.3 is 10.4 Å². The third-order valence-corrected chi connectivity index (χ3v) is 2.70. The molecular formula is C9H15F3N2O2. The molecule has 0 amide bonds. The van der Waals surface area contributed by atoms with Crippen molar-refractivity contribution < 1.29 is 23.1 Å². The molecule has 0 aliphatic carbocycles. The summed E-state index contributed by atoms with van der Waals surface area (Å²) >= 11 is 0. The van der Waals surface area contributed by atoms with Gasteiger partial charge in [-0.25, -0.2) is 4.79 Å². The SMILES string of the molecule is C1CC2CNCCN2C1.O=C(O)C(F)(F)F. The Hall–Kier alpha value is -0.820. The summed E-state index contributed by atoms with van der Waals surface area (Å²) in [6, 6.07) is 0.888. The molecule has 1 atom stereocenters. The molecule has 7 heteroatoms. The minimum atomic E-state index is -5.08. The maximum absolute atomic E-state index is 10.6. The van der Waals surface area contributed by atoms with Crippen molar-refractivity contribution in [2.45, 2.75) is 25.1 Å². The van der Waals surface area contributed by atoms with Gasteiger partial charge in [0.15, 0.2) is 0 Å². The Balaban J connectivity index is 0.000000168. The quantitative estimate of drug-likeness (QED) is 0.654. The van der Waals surface area contributed by atoms with Gasteiger partial charge in [-0.05, 0) is 19.4 Å². The molecule has 0 saturated carbocycles. The summed E-state index contributed by atoms with van der Waals surface area (Å²) in [4.78, 5) is 11.5. The van der Waals surface area contributed by atoms with Crippen LogP contribution in [0.25, 0.3) is 0 Å². The second-order valence-corrected chi connectivity index (χ2v) is 3.84. The number of aliphatic carboxylic acids is 1. The van der Waals surface area contributed by atoms with Crippen LogP contribution in [0.2, 0.25) is 0 Å². The Kier molecular flexibility index (Phi) is 4.55. The Bertz CT molecular complexity index is 233. The lowest BCUT2D eigenvalue weighted by molar-refractivity contribution is -0.192. The monoisotopic (exact) mass is 240 g/mol. The van der Waals surface area contributed by atoms with Crippen LogP contribution in [0.4, 0.5) is 13.2 Å². The van der Waals surface area contributed by atoms with E-state index in [2.05, 4.69) is 10.2 Å². The van der Waals surface area contributed by atoms with E-state index in [1.54, 1.807) is 0 Å². The van der Waals surface area contributed by atoms with Crippen molar-refractivity contribution in [3.63, 3.8) is 0 Å². The maximum Gasteiger partial charge on any atom is 0.490 e. The summed E-state index contributed by atoms with van der Waals surface area (Å²) in [7, 11) is 0. The molecule has 0 radical (unpaired) electrons. The molecule has 0 spiro atoms. The number of carbonyl (C=O) groups is 1. The van der Waals surface area contributed by atoms with Gasteiger partial charge in [0, 0.05) is 25.7 Å². The van der Waals surface area contributed by atoms with Crippen molar-refractivity contribution in [2.24, 2.45) is 0 Å². The van der Waals surface area contributed by atoms with E-state index >= 15 is 0 Å². The van der Waals surface area contributed by atoms with E-state index in [0.717, 1.165) is 6.04 Å². The molecule has 2 aliphatic rings. The number of rotatable bonds is 0. The summed E-state index contributed by atoms with van der Waals surface area (Å²) in [5.74, 6) is -2.76. The largest absolute Gasteiger partial charge is 0.490 e. The predicted molar refractivity (Wildman–Crippen MR) is 51.2 cm³/mol. The number of halogens is 3. The second-order valence-electron chi connectivity index (χ2n) is 3.84. The fourth-order valence-corrected chi connectivity index (χ4v) is 1.91. The number of fused-ring (bicyclic) bond motifs is 1. The van der Waals surface area contributed by atoms with Gasteiger partial charge in [-0.15, -0.1) is 0 Å². The summed E-state index contributed by atoms with van der Waals surface area (Å²) < 4.78 is 31.7. The molecule has 0 aromatic carbocycles. The van der Waals surface area contributed by atoms with E-state index in [9.17, 15) is 13.2 Å². The van der Waals surface area contributed by atoms with Crippen LogP contribution < -0.4 is 5.32 Å². The van der Waals surface area contributed by atoms with Crippen LogP contribution in [0, 0.1) is 0 Å². The first-order valence-electron chi connectivity index (χ1n) is 5.16. The number of carboxylic acid groups (broad SMARTS) is 1. The zero-order valence-corrected chi connectivity index (χ0v) is 8.76. The normalized spacial score (nSPS) is 25.6. The predicted octanol–water partition coefficient (Wildman–Crippen LogP) is 0.687. The highest BCUT2D eigenvalue weighted by molar-refractivity contribution is 5.73. The van der Waals surface area contributed by atoms with Gasteiger partial charge in [-0.2, -0.15) is 13.2 Å².